The van der Waals surface area contributed by atoms with Crippen LogP contribution in [0.2, 0.25) is 0 Å². The Bertz CT molecular complexity index is 810. The van der Waals surface area contributed by atoms with Gasteiger partial charge in [-0.2, -0.15) is 0 Å². The van der Waals surface area contributed by atoms with Gasteiger partial charge in [0.2, 0.25) is 11.8 Å². The summed E-state index contributed by atoms with van der Waals surface area (Å²) >= 11 is 1.29. The van der Waals surface area contributed by atoms with Crippen molar-refractivity contribution >= 4 is 29.3 Å². The normalized spacial score (nSPS) is 16.9. The first-order chi connectivity index (χ1) is 13.0. The average Bonchev–Trinajstić information content (AvgIpc) is 2.68. The lowest BCUT2D eigenvalue weighted by molar-refractivity contribution is -0.121. The summed E-state index contributed by atoms with van der Waals surface area (Å²) in [5, 5.41) is 5.49. The maximum absolute atomic E-state index is 12.9. The number of fused-ring (bicyclic) bond motifs is 1. The van der Waals surface area contributed by atoms with Crippen LogP contribution in [0.1, 0.15) is 36.9 Å². The molecule has 0 heterocycles. The van der Waals surface area contributed by atoms with Gasteiger partial charge in [0, 0.05) is 5.69 Å². The summed E-state index contributed by atoms with van der Waals surface area (Å²) in [5.41, 5.74) is 3.04. The highest BCUT2D eigenvalue weighted by Gasteiger charge is 2.24. The zero-order chi connectivity index (χ0) is 19.2. The minimum Gasteiger partial charge on any atom is -0.348 e. The Morgan fingerprint density at radius 2 is 1.93 bits per heavy atom. The summed E-state index contributed by atoms with van der Waals surface area (Å²) in [5.74, 6) is -0.463. The third-order valence-corrected chi connectivity index (χ3v) is 5.79. The van der Waals surface area contributed by atoms with Crippen molar-refractivity contribution in [2.45, 2.75) is 37.5 Å². The number of carbonyl (C=O) groups excluding carboxylic acids is 2. The molecule has 2 unspecified atom stereocenters. The van der Waals surface area contributed by atoms with Crippen molar-refractivity contribution in [3.63, 3.8) is 0 Å². The van der Waals surface area contributed by atoms with Gasteiger partial charge in [-0.25, -0.2) is 4.39 Å². The molecule has 6 heteroatoms. The lowest BCUT2D eigenvalue weighted by Gasteiger charge is -2.27. The smallest absolute Gasteiger partial charge is 0.234 e. The van der Waals surface area contributed by atoms with Crippen LogP contribution in [0, 0.1) is 5.82 Å². The van der Waals surface area contributed by atoms with Crippen molar-refractivity contribution in [3.8, 4) is 0 Å². The maximum Gasteiger partial charge on any atom is 0.234 e. The molecule has 0 radical (unpaired) electrons. The lowest BCUT2D eigenvalue weighted by atomic mass is 9.88. The van der Waals surface area contributed by atoms with Crippen LogP contribution in [0.25, 0.3) is 0 Å². The Morgan fingerprint density at radius 1 is 1.19 bits per heavy atom. The van der Waals surface area contributed by atoms with Crippen LogP contribution < -0.4 is 10.6 Å². The quantitative estimate of drug-likeness (QED) is 0.787. The molecule has 0 saturated heterocycles. The molecule has 1 aliphatic rings. The second kappa shape index (κ2) is 9.04. The monoisotopic (exact) mass is 386 g/mol. The molecule has 0 fully saturated rings. The number of hydrogen-bond acceptors (Lipinski definition) is 3. The largest absolute Gasteiger partial charge is 0.348 e. The number of anilines is 1. The standard InChI is InChI=1S/C21H23FN2O2S/c1-14(27-13-20(25)23-17-11-9-16(22)10-12-17)21(26)24-19-8-4-6-15-5-2-3-7-18(15)19/h2-3,5,7,9-12,14,19H,4,6,8,13H2,1H3,(H,23,25)(H,24,26). The molecule has 0 aliphatic heterocycles. The van der Waals surface area contributed by atoms with Gasteiger partial charge >= 0.3 is 0 Å². The molecule has 2 N–H and O–H groups in total. The number of nitrogens with one attached hydrogen (secondary N) is 2. The fourth-order valence-corrected chi connectivity index (χ4v) is 3.89. The summed E-state index contributed by atoms with van der Waals surface area (Å²) in [7, 11) is 0. The van der Waals surface area contributed by atoms with E-state index in [0.29, 0.717) is 5.69 Å². The number of rotatable bonds is 6. The molecule has 2 atom stereocenters. The highest BCUT2D eigenvalue weighted by Crippen LogP contribution is 2.29. The number of carbonyl (C=O) groups is 2. The van der Waals surface area contributed by atoms with Crippen molar-refractivity contribution in [2.24, 2.45) is 0 Å². The maximum atomic E-state index is 12.9. The van der Waals surface area contributed by atoms with E-state index in [1.807, 2.05) is 12.1 Å². The molecule has 3 rings (SSSR count). The van der Waals surface area contributed by atoms with Gasteiger partial charge < -0.3 is 10.6 Å². The zero-order valence-corrected chi connectivity index (χ0v) is 16.0. The fourth-order valence-electron chi connectivity index (χ4n) is 3.20. The van der Waals surface area contributed by atoms with E-state index in [2.05, 4.69) is 22.8 Å². The van der Waals surface area contributed by atoms with E-state index in [9.17, 15) is 14.0 Å². The topological polar surface area (TPSA) is 58.2 Å². The van der Waals surface area contributed by atoms with Crippen molar-refractivity contribution in [3.05, 3.63) is 65.5 Å². The van der Waals surface area contributed by atoms with Gasteiger partial charge in [0.05, 0.1) is 17.0 Å². The molecule has 0 spiro atoms. The van der Waals surface area contributed by atoms with Crippen molar-refractivity contribution in [1.82, 2.24) is 5.32 Å². The van der Waals surface area contributed by atoms with Crippen LogP contribution in [-0.2, 0) is 16.0 Å². The Morgan fingerprint density at radius 3 is 2.70 bits per heavy atom. The molecule has 0 saturated carbocycles. The Balaban J connectivity index is 1.48. The summed E-state index contributed by atoms with van der Waals surface area (Å²) in [6.45, 7) is 1.81. The summed E-state index contributed by atoms with van der Waals surface area (Å²) in [4.78, 5) is 24.5. The molecule has 1 aliphatic carbocycles. The molecule has 2 aromatic rings. The predicted molar refractivity (Wildman–Crippen MR) is 107 cm³/mol. The molecule has 4 nitrogen and oxygen atoms in total. The number of aryl methyl sites for hydroxylation is 1. The third kappa shape index (κ3) is 5.32. The summed E-state index contributed by atoms with van der Waals surface area (Å²) in [6.07, 6.45) is 3.05. The van der Waals surface area contributed by atoms with Gasteiger partial charge in [-0.3, -0.25) is 9.59 Å². The van der Waals surface area contributed by atoms with Crippen LogP contribution >= 0.6 is 11.8 Å². The Kier molecular flexibility index (Phi) is 6.50. The van der Waals surface area contributed by atoms with Crippen LogP contribution in [0.5, 0.6) is 0 Å². The van der Waals surface area contributed by atoms with Gasteiger partial charge in [-0.05, 0) is 61.6 Å². The van der Waals surface area contributed by atoms with E-state index >= 15 is 0 Å². The highest BCUT2D eigenvalue weighted by atomic mass is 32.2. The number of benzene rings is 2. The second-order valence-electron chi connectivity index (χ2n) is 6.66. The van der Waals surface area contributed by atoms with Crippen LogP contribution in [0.3, 0.4) is 0 Å². The van der Waals surface area contributed by atoms with Gasteiger partial charge in [0.15, 0.2) is 0 Å². The lowest BCUT2D eigenvalue weighted by Crippen LogP contribution is -2.36. The molecule has 0 aromatic heterocycles. The summed E-state index contributed by atoms with van der Waals surface area (Å²) < 4.78 is 12.9. The van der Waals surface area contributed by atoms with E-state index in [4.69, 9.17) is 0 Å². The molecule has 142 valence electrons. The van der Waals surface area contributed by atoms with Crippen LogP contribution in [-0.4, -0.2) is 22.8 Å². The van der Waals surface area contributed by atoms with Gasteiger partial charge in [0.1, 0.15) is 5.82 Å². The molecule has 2 aromatic carbocycles. The minimum absolute atomic E-state index is 0.0403. The van der Waals surface area contributed by atoms with Crippen molar-refractivity contribution in [1.29, 1.82) is 0 Å². The van der Waals surface area contributed by atoms with E-state index in [-0.39, 0.29) is 34.7 Å². The van der Waals surface area contributed by atoms with E-state index in [1.54, 1.807) is 6.92 Å². The van der Waals surface area contributed by atoms with Crippen LogP contribution in [0.4, 0.5) is 10.1 Å². The predicted octanol–water partition coefficient (Wildman–Crippen LogP) is 4.08. The Labute approximate surface area is 162 Å². The van der Waals surface area contributed by atoms with Gasteiger partial charge in [0.25, 0.3) is 0 Å². The average molecular weight is 386 g/mol. The molecular formula is C21H23FN2O2S. The SMILES string of the molecule is CC(SCC(=O)Nc1ccc(F)cc1)C(=O)NC1CCCc2ccccc21. The highest BCUT2D eigenvalue weighted by molar-refractivity contribution is 8.01. The number of hydrogen-bond donors (Lipinski definition) is 2. The third-order valence-electron chi connectivity index (χ3n) is 4.65. The van der Waals surface area contributed by atoms with Gasteiger partial charge in [-0.15, -0.1) is 11.8 Å². The van der Waals surface area contributed by atoms with Gasteiger partial charge in [-0.1, -0.05) is 24.3 Å². The van der Waals surface area contributed by atoms with Crippen molar-refractivity contribution in [2.75, 3.05) is 11.1 Å². The van der Waals surface area contributed by atoms with Crippen LogP contribution in [0.15, 0.2) is 48.5 Å². The van der Waals surface area contributed by atoms with E-state index < -0.39 is 0 Å². The molecule has 0 bridgehead atoms. The molecule has 27 heavy (non-hydrogen) atoms. The number of halogens is 1. The first kappa shape index (κ1) is 19.4. The minimum atomic E-state index is -0.350. The van der Waals surface area contributed by atoms with E-state index in [0.717, 1.165) is 19.3 Å². The summed E-state index contributed by atoms with van der Waals surface area (Å²) in [6, 6.07) is 13.9. The molecular weight excluding hydrogens is 363 g/mol. The van der Waals surface area contributed by atoms with E-state index in [1.165, 1.54) is 47.2 Å². The first-order valence-electron chi connectivity index (χ1n) is 9.08. The first-order valence-corrected chi connectivity index (χ1v) is 10.1. The molecule has 2 amide bonds. The zero-order valence-electron chi connectivity index (χ0n) is 15.2. The number of amides is 2. The Hall–Kier alpha value is -2.34. The van der Waals surface area contributed by atoms with Crippen molar-refractivity contribution < 1.29 is 14.0 Å². The fraction of sp³-hybridized carbons (Fsp3) is 0.333. The second-order valence-corrected chi connectivity index (χ2v) is 7.99. The number of thioether (sulfide) groups is 1.